The number of ether oxygens (including phenoxy) is 1. The van der Waals surface area contributed by atoms with Crippen molar-refractivity contribution in [3.8, 4) is 11.4 Å². The van der Waals surface area contributed by atoms with E-state index >= 15 is 0 Å². The molecule has 7 heteroatoms. The highest BCUT2D eigenvalue weighted by Crippen LogP contribution is 2.21. The van der Waals surface area contributed by atoms with E-state index in [1.165, 1.54) is 39.7 Å². The second-order valence-electron chi connectivity index (χ2n) is 6.45. The number of nitrogens with zero attached hydrogens (tertiary/aromatic N) is 2. The minimum Gasteiger partial charge on any atom is -0.494 e. The fourth-order valence-corrected chi connectivity index (χ4v) is 4.05. The number of hydrogen-bond donors (Lipinski definition) is 0. The Hall–Kier alpha value is -3.19. The molecule has 2 heterocycles. The predicted octanol–water partition coefficient (Wildman–Crippen LogP) is 3.72. The topological polar surface area (TPSA) is 53.2 Å². The van der Waals surface area contributed by atoms with E-state index in [1.807, 2.05) is 13.0 Å². The Kier molecular flexibility index (Phi) is 4.60. The van der Waals surface area contributed by atoms with Gasteiger partial charge in [0, 0.05) is 0 Å². The highest BCUT2D eigenvalue weighted by atomic mass is 32.1. The summed E-state index contributed by atoms with van der Waals surface area (Å²) in [7, 11) is 1.40. The first kappa shape index (κ1) is 18.2. The number of aryl methyl sites for hydroxylation is 1. The molecule has 0 bridgehead atoms. The van der Waals surface area contributed by atoms with Crippen molar-refractivity contribution in [1.82, 2.24) is 9.13 Å². The molecule has 0 unspecified atom stereocenters. The second-order valence-corrected chi connectivity index (χ2v) is 7.37. The first-order valence-electron chi connectivity index (χ1n) is 8.62. The van der Waals surface area contributed by atoms with E-state index < -0.39 is 11.5 Å². The van der Waals surface area contributed by atoms with Gasteiger partial charge in [0.2, 0.25) is 0 Å². The summed E-state index contributed by atoms with van der Waals surface area (Å²) in [5.41, 5.74) is 1.79. The zero-order valence-corrected chi connectivity index (χ0v) is 16.1. The molecule has 2 aromatic carbocycles. The van der Waals surface area contributed by atoms with Gasteiger partial charge in [-0.15, -0.1) is 11.3 Å². The SMILES string of the molecule is COc1ccc(Cn2c(=O)n(-c3cccc(C)c3)c(=O)c3sccc32)cc1F. The maximum atomic E-state index is 14.1. The molecule has 0 aliphatic rings. The maximum absolute atomic E-state index is 14.1. The van der Waals surface area contributed by atoms with Crippen molar-refractivity contribution >= 4 is 21.6 Å². The van der Waals surface area contributed by atoms with Gasteiger partial charge >= 0.3 is 5.69 Å². The van der Waals surface area contributed by atoms with Gasteiger partial charge in [0.25, 0.3) is 5.56 Å². The molecular formula is C21H17FN2O3S. The van der Waals surface area contributed by atoms with Crippen LogP contribution in [0.2, 0.25) is 0 Å². The first-order chi connectivity index (χ1) is 13.5. The van der Waals surface area contributed by atoms with Crippen molar-refractivity contribution in [1.29, 1.82) is 0 Å². The normalized spacial score (nSPS) is 11.1. The lowest BCUT2D eigenvalue weighted by atomic mass is 10.2. The Bertz CT molecular complexity index is 1300. The van der Waals surface area contributed by atoms with Crippen LogP contribution in [-0.4, -0.2) is 16.2 Å². The summed E-state index contributed by atoms with van der Waals surface area (Å²) in [6.45, 7) is 2.04. The van der Waals surface area contributed by atoms with Crippen molar-refractivity contribution in [3.05, 3.63) is 91.7 Å². The van der Waals surface area contributed by atoms with Crippen LogP contribution in [0, 0.1) is 12.7 Å². The fraction of sp³-hybridized carbons (Fsp3) is 0.143. The van der Waals surface area contributed by atoms with E-state index in [-0.39, 0.29) is 17.9 Å². The monoisotopic (exact) mass is 396 g/mol. The molecule has 28 heavy (non-hydrogen) atoms. The van der Waals surface area contributed by atoms with Crippen LogP contribution >= 0.6 is 11.3 Å². The van der Waals surface area contributed by atoms with Gasteiger partial charge in [0.15, 0.2) is 11.6 Å². The summed E-state index contributed by atoms with van der Waals surface area (Å²) in [6, 6.07) is 13.5. The zero-order valence-electron chi connectivity index (χ0n) is 15.3. The molecule has 0 fully saturated rings. The minimum absolute atomic E-state index is 0.138. The molecule has 0 atom stereocenters. The molecule has 0 radical (unpaired) electrons. The van der Waals surface area contributed by atoms with Crippen LogP contribution < -0.4 is 16.0 Å². The van der Waals surface area contributed by atoms with E-state index in [0.717, 1.165) is 5.56 Å². The number of rotatable bonds is 4. The van der Waals surface area contributed by atoms with E-state index in [4.69, 9.17) is 4.74 Å². The summed E-state index contributed by atoms with van der Waals surface area (Å²) in [5, 5.41) is 1.77. The van der Waals surface area contributed by atoms with E-state index in [1.54, 1.807) is 35.7 Å². The third-order valence-corrected chi connectivity index (χ3v) is 5.46. The second kappa shape index (κ2) is 7.09. The summed E-state index contributed by atoms with van der Waals surface area (Å²) in [5.74, 6) is -0.358. The molecular weight excluding hydrogens is 379 g/mol. The Balaban J connectivity index is 1.94. The van der Waals surface area contributed by atoms with Gasteiger partial charge in [0.05, 0.1) is 24.9 Å². The number of methoxy groups -OCH3 is 1. The quantitative estimate of drug-likeness (QED) is 0.528. The molecule has 0 spiro atoms. The highest BCUT2D eigenvalue weighted by Gasteiger charge is 2.16. The van der Waals surface area contributed by atoms with E-state index in [0.29, 0.717) is 21.5 Å². The van der Waals surface area contributed by atoms with E-state index in [2.05, 4.69) is 0 Å². The van der Waals surface area contributed by atoms with Gasteiger partial charge in [-0.3, -0.25) is 9.36 Å². The van der Waals surface area contributed by atoms with Gasteiger partial charge in [-0.2, -0.15) is 0 Å². The number of hydrogen-bond acceptors (Lipinski definition) is 4. The lowest BCUT2D eigenvalue weighted by Gasteiger charge is -2.13. The molecule has 5 nitrogen and oxygen atoms in total. The maximum Gasteiger partial charge on any atom is 0.336 e. The predicted molar refractivity (Wildman–Crippen MR) is 108 cm³/mol. The lowest BCUT2D eigenvalue weighted by Crippen LogP contribution is -2.38. The molecule has 4 rings (SSSR count). The van der Waals surface area contributed by atoms with Crippen molar-refractivity contribution in [3.63, 3.8) is 0 Å². The minimum atomic E-state index is -0.499. The molecule has 0 N–H and O–H groups in total. The van der Waals surface area contributed by atoms with Crippen LogP contribution in [0.3, 0.4) is 0 Å². The average Bonchev–Trinajstić information content (AvgIpc) is 3.15. The van der Waals surface area contributed by atoms with Crippen LogP contribution in [0.1, 0.15) is 11.1 Å². The standard InChI is InChI=1S/C21H17FN2O3S/c1-13-4-3-5-15(10-13)24-20(25)19-17(8-9-28-19)23(21(24)26)12-14-6-7-18(27-2)16(22)11-14/h3-11H,12H2,1-2H3. The van der Waals surface area contributed by atoms with Gasteiger partial charge in [-0.25, -0.2) is 13.8 Å². The van der Waals surface area contributed by atoms with Crippen LogP contribution in [-0.2, 0) is 6.54 Å². The molecule has 142 valence electrons. The molecule has 4 aromatic rings. The van der Waals surface area contributed by atoms with Gasteiger partial charge in [-0.1, -0.05) is 18.2 Å². The van der Waals surface area contributed by atoms with Gasteiger partial charge in [0.1, 0.15) is 4.70 Å². The van der Waals surface area contributed by atoms with Crippen molar-refractivity contribution < 1.29 is 9.13 Å². The Morgan fingerprint density at radius 2 is 1.93 bits per heavy atom. The highest BCUT2D eigenvalue weighted by molar-refractivity contribution is 7.17. The summed E-state index contributed by atoms with van der Waals surface area (Å²) in [4.78, 5) is 26.2. The molecule has 0 aliphatic heterocycles. The van der Waals surface area contributed by atoms with Crippen LogP contribution in [0.15, 0.2) is 63.5 Å². The molecule has 0 saturated carbocycles. The number of halogens is 1. The lowest BCUT2D eigenvalue weighted by molar-refractivity contribution is 0.386. The van der Waals surface area contributed by atoms with Gasteiger partial charge in [-0.05, 0) is 53.8 Å². The molecule has 0 saturated heterocycles. The number of fused-ring (bicyclic) bond motifs is 1. The smallest absolute Gasteiger partial charge is 0.336 e. The molecule has 0 aliphatic carbocycles. The summed E-state index contributed by atoms with van der Waals surface area (Å²) in [6.07, 6.45) is 0. The van der Waals surface area contributed by atoms with Crippen LogP contribution in [0.4, 0.5) is 4.39 Å². The van der Waals surface area contributed by atoms with E-state index in [9.17, 15) is 14.0 Å². The third-order valence-electron chi connectivity index (χ3n) is 4.57. The summed E-state index contributed by atoms with van der Waals surface area (Å²) >= 11 is 1.28. The van der Waals surface area contributed by atoms with Crippen molar-refractivity contribution in [2.45, 2.75) is 13.5 Å². The van der Waals surface area contributed by atoms with Crippen LogP contribution in [0.25, 0.3) is 15.9 Å². The average molecular weight is 396 g/mol. The fourth-order valence-electron chi connectivity index (χ4n) is 3.23. The number of benzene rings is 2. The zero-order chi connectivity index (χ0) is 19.8. The van der Waals surface area contributed by atoms with Crippen LogP contribution in [0.5, 0.6) is 5.75 Å². The van der Waals surface area contributed by atoms with Gasteiger partial charge < -0.3 is 4.74 Å². The Morgan fingerprint density at radius 3 is 2.64 bits per heavy atom. The number of aromatic nitrogens is 2. The van der Waals surface area contributed by atoms with Crippen molar-refractivity contribution in [2.24, 2.45) is 0 Å². The molecule has 0 amide bonds. The Labute approximate surface area is 163 Å². The largest absolute Gasteiger partial charge is 0.494 e. The summed E-state index contributed by atoms with van der Waals surface area (Å²) < 4.78 is 22.2. The first-order valence-corrected chi connectivity index (χ1v) is 9.50. The molecule has 2 aromatic heterocycles. The number of thiophene rings is 1. The third kappa shape index (κ3) is 3.03. The Morgan fingerprint density at radius 1 is 1.11 bits per heavy atom. The van der Waals surface area contributed by atoms with Crippen molar-refractivity contribution in [2.75, 3.05) is 7.11 Å².